The van der Waals surface area contributed by atoms with Crippen LogP contribution in [0.25, 0.3) is 0 Å². The Hall–Kier alpha value is -2.12. The smallest absolute Gasteiger partial charge is 0.243 e. The molecule has 1 aliphatic rings. The Morgan fingerprint density at radius 1 is 1.12 bits per heavy atom. The minimum absolute atomic E-state index is 0.166. The molecule has 2 heterocycles. The zero-order valence-corrected chi connectivity index (χ0v) is 15.1. The van der Waals surface area contributed by atoms with Gasteiger partial charge in [0.25, 0.3) is 0 Å². The van der Waals surface area contributed by atoms with Crippen LogP contribution < -0.4 is 9.47 Å². The maximum absolute atomic E-state index is 5.81. The van der Waals surface area contributed by atoms with Crippen molar-refractivity contribution in [2.24, 2.45) is 0 Å². The van der Waals surface area contributed by atoms with E-state index < -0.39 is 0 Å². The molecule has 7 heteroatoms. The molecule has 1 saturated heterocycles. The normalized spacial score (nSPS) is 17.4. The van der Waals surface area contributed by atoms with Crippen molar-refractivity contribution in [1.82, 2.24) is 19.9 Å². The summed E-state index contributed by atoms with van der Waals surface area (Å²) < 4.78 is 16.2. The first kappa shape index (κ1) is 17.7. The number of rotatable bonds is 7. The van der Waals surface area contributed by atoms with Crippen LogP contribution in [0.4, 0.5) is 0 Å². The lowest BCUT2D eigenvalue weighted by atomic mass is 10.2. The number of benzene rings is 1. The lowest BCUT2D eigenvalue weighted by molar-refractivity contribution is 0.0800. The fourth-order valence-electron chi connectivity index (χ4n) is 2.98. The van der Waals surface area contributed by atoms with Crippen LogP contribution in [0.1, 0.15) is 24.7 Å². The molecule has 3 rings (SSSR count). The van der Waals surface area contributed by atoms with Gasteiger partial charge in [-0.05, 0) is 38.1 Å². The van der Waals surface area contributed by atoms with Crippen LogP contribution in [0, 0.1) is 6.92 Å². The minimum Gasteiger partial charge on any atom is -0.497 e. The Balaban J connectivity index is 1.38. The zero-order chi connectivity index (χ0) is 17.6. The number of nitrogens with zero attached hydrogens (tertiary/aromatic N) is 4. The van der Waals surface area contributed by atoms with Gasteiger partial charge in [-0.3, -0.25) is 9.80 Å². The van der Waals surface area contributed by atoms with E-state index in [9.17, 15) is 0 Å². The Bertz CT molecular complexity index is 651. The molecule has 1 atom stereocenters. The van der Waals surface area contributed by atoms with E-state index in [1.807, 2.05) is 31.2 Å². The van der Waals surface area contributed by atoms with Crippen molar-refractivity contribution in [3.63, 3.8) is 0 Å². The van der Waals surface area contributed by atoms with Gasteiger partial charge in [0.2, 0.25) is 5.89 Å². The summed E-state index contributed by atoms with van der Waals surface area (Å²) in [7, 11) is 1.66. The zero-order valence-electron chi connectivity index (χ0n) is 15.1. The summed E-state index contributed by atoms with van der Waals surface area (Å²) in [6, 6.07) is 7.86. The van der Waals surface area contributed by atoms with Crippen LogP contribution in [-0.2, 0) is 0 Å². The molecule has 2 aromatic rings. The highest BCUT2D eigenvalue weighted by Gasteiger charge is 2.25. The molecule has 0 unspecified atom stereocenters. The molecule has 0 spiro atoms. The summed E-state index contributed by atoms with van der Waals surface area (Å²) in [5.74, 6) is 3.11. The first-order valence-corrected chi connectivity index (χ1v) is 8.69. The summed E-state index contributed by atoms with van der Waals surface area (Å²) in [5, 5.41) is 3.88. The van der Waals surface area contributed by atoms with Crippen molar-refractivity contribution in [1.29, 1.82) is 0 Å². The molecule has 1 aliphatic heterocycles. The van der Waals surface area contributed by atoms with Gasteiger partial charge in [0.15, 0.2) is 5.82 Å². The first-order valence-electron chi connectivity index (χ1n) is 8.69. The lowest BCUT2D eigenvalue weighted by Crippen LogP contribution is -2.48. The van der Waals surface area contributed by atoms with E-state index in [-0.39, 0.29) is 6.04 Å². The van der Waals surface area contributed by atoms with Crippen molar-refractivity contribution in [2.75, 3.05) is 46.4 Å². The molecule has 0 saturated carbocycles. The van der Waals surface area contributed by atoms with Crippen LogP contribution in [0.2, 0.25) is 0 Å². The Kier molecular flexibility index (Phi) is 5.88. The molecule has 0 bridgehead atoms. The molecule has 1 aromatic heterocycles. The number of hydrogen-bond acceptors (Lipinski definition) is 7. The fourth-order valence-corrected chi connectivity index (χ4v) is 2.98. The average Bonchev–Trinajstić information content (AvgIpc) is 3.09. The molecule has 25 heavy (non-hydrogen) atoms. The van der Waals surface area contributed by atoms with E-state index >= 15 is 0 Å². The summed E-state index contributed by atoms with van der Waals surface area (Å²) in [6.07, 6.45) is 0. The summed E-state index contributed by atoms with van der Waals surface area (Å²) in [4.78, 5) is 9.14. The number of methoxy groups -OCH3 is 1. The third-order valence-corrected chi connectivity index (χ3v) is 4.59. The van der Waals surface area contributed by atoms with Gasteiger partial charge in [0.05, 0.1) is 13.2 Å². The van der Waals surface area contributed by atoms with Crippen molar-refractivity contribution in [3.8, 4) is 11.5 Å². The Morgan fingerprint density at radius 2 is 1.80 bits per heavy atom. The van der Waals surface area contributed by atoms with Gasteiger partial charge in [-0.25, -0.2) is 0 Å². The highest BCUT2D eigenvalue weighted by Crippen LogP contribution is 2.20. The quantitative estimate of drug-likeness (QED) is 0.761. The van der Waals surface area contributed by atoms with Gasteiger partial charge in [-0.2, -0.15) is 4.98 Å². The van der Waals surface area contributed by atoms with Crippen molar-refractivity contribution in [3.05, 3.63) is 36.0 Å². The monoisotopic (exact) mass is 346 g/mol. The minimum atomic E-state index is 0.166. The predicted molar refractivity (Wildman–Crippen MR) is 94.0 cm³/mol. The van der Waals surface area contributed by atoms with Gasteiger partial charge in [-0.15, -0.1) is 0 Å². The first-order chi connectivity index (χ1) is 12.2. The topological polar surface area (TPSA) is 63.9 Å². The van der Waals surface area contributed by atoms with Gasteiger partial charge < -0.3 is 14.0 Å². The number of piperazine rings is 1. The summed E-state index contributed by atoms with van der Waals surface area (Å²) in [6.45, 7) is 9.59. The van der Waals surface area contributed by atoms with E-state index in [0.717, 1.165) is 44.2 Å². The summed E-state index contributed by atoms with van der Waals surface area (Å²) in [5.41, 5.74) is 0. The van der Waals surface area contributed by atoms with Crippen molar-refractivity contribution >= 4 is 0 Å². The largest absolute Gasteiger partial charge is 0.497 e. The number of ether oxygens (including phenoxy) is 2. The molecule has 0 aliphatic carbocycles. The molecule has 1 fully saturated rings. The Morgan fingerprint density at radius 3 is 2.40 bits per heavy atom. The van der Waals surface area contributed by atoms with Crippen LogP contribution >= 0.6 is 0 Å². The van der Waals surface area contributed by atoms with Crippen LogP contribution in [0.15, 0.2) is 28.8 Å². The molecular weight excluding hydrogens is 320 g/mol. The van der Waals surface area contributed by atoms with Gasteiger partial charge in [-0.1, -0.05) is 5.16 Å². The van der Waals surface area contributed by atoms with Gasteiger partial charge in [0, 0.05) is 32.7 Å². The number of hydrogen-bond donors (Lipinski definition) is 0. The van der Waals surface area contributed by atoms with Crippen molar-refractivity contribution in [2.45, 2.75) is 19.9 Å². The van der Waals surface area contributed by atoms with E-state index in [1.54, 1.807) is 7.11 Å². The third-order valence-electron chi connectivity index (χ3n) is 4.59. The highest BCUT2D eigenvalue weighted by molar-refractivity contribution is 5.31. The van der Waals surface area contributed by atoms with Crippen LogP contribution in [0.3, 0.4) is 0 Å². The van der Waals surface area contributed by atoms with Gasteiger partial charge in [0.1, 0.15) is 18.1 Å². The predicted octanol–water partition coefficient (Wildman–Crippen LogP) is 2.14. The van der Waals surface area contributed by atoms with Crippen LogP contribution in [-0.4, -0.2) is 66.4 Å². The standard InChI is InChI=1S/C18H26N4O3/c1-14(18-19-15(2)20-25-18)22-10-8-21(9-11-22)12-13-24-17-6-4-16(23-3)5-7-17/h4-7,14H,8-13H2,1-3H3/t14-/m1/s1. The lowest BCUT2D eigenvalue weighted by Gasteiger charge is -2.36. The molecule has 136 valence electrons. The third kappa shape index (κ3) is 4.70. The average molecular weight is 346 g/mol. The summed E-state index contributed by atoms with van der Waals surface area (Å²) >= 11 is 0. The van der Waals surface area contributed by atoms with E-state index in [4.69, 9.17) is 14.0 Å². The molecule has 0 radical (unpaired) electrons. The highest BCUT2D eigenvalue weighted by atomic mass is 16.5. The van der Waals surface area contributed by atoms with E-state index in [1.165, 1.54) is 0 Å². The van der Waals surface area contributed by atoms with E-state index in [2.05, 4.69) is 26.9 Å². The Labute approximate surface area is 148 Å². The number of aromatic nitrogens is 2. The van der Waals surface area contributed by atoms with E-state index in [0.29, 0.717) is 18.3 Å². The maximum atomic E-state index is 5.81. The molecule has 0 N–H and O–H groups in total. The number of aryl methyl sites for hydroxylation is 1. The van der Waals surface area contributed by atoms with Crippen LogP contribution in [0.5, 0.6) is 11.5 Å². The molecular formula is C18H26N4O3. The van der Waals surface area contributed by atoms with Gasteiger partial charge >= 0.3 is 0 Å². The fraction of sp³-hybridized carbons (Fsp3) is 0.556. The molecule has 1 aromatic carbocycles. The second kappa shape index (κ2) is 8.31. The molecule has 0 amide bonds. The second-order valence-corrected chi connectivity index (χ2v) is 6.26. The SMILES string of the molecule is COc1ccc(OCCN2CCN([C@H](C)c3nc(C)no3)CC2)cc1. The maximum Gasteiger partial charge on any atom is 0.243 e. The second-order valence-electron chi connectivity index (χ2n) is 6.26. The van der Waals surface area contributed by atoms with Crippen molar-refractivity contribution < 1.29 is 14.0 Å². The molecule has 7 nitrogen and oxygen atoms in total.